The molecule has 3 aromatic rings. The van der Waals surface area contributed by atoms with E-state index in [0.717, 1.165) is 40.7 Å². The summed E-state index contributed by atoms with van der Waals surface area (Å²) in [4.78, 5) is 18.8. The van der Waals surface area contributed by atoms with Crippen LogP contribution < -0.4 is 10.5 Å². The zero-order chi connectivity index (χ0) is 21.2. The molecular formula is C23H27N3O3S. The zero-order valence-electron chi connectivity index (χ0n) is 17.6. The lowest BCUT2D eigenvalue weighted by atomic mass is 9.99. The number of benzene rings is 1. The molecule has 1 aliphatic heterocycles. The highest BCUT2D eigenvalue weighted by molar-refractivity contribution is 7.91. The van der Waals surface area contributed by atoms with Crippen molar-refractivity contribution in [1.29, 1.82) is 0 Å². The van der Waals surface area contributed by atoms with Gasteiger partial charge in [0.05, 0.1) is 16.7 Å². The van der Waals surface area contributed by atoms with Crippen molar-refractivity contribution in [1.82, 2.24) is 9.55 Å². The Balaban J connectivity index is 1.88. The minimum absolute atomic E-state index is 0.0627. The van der Waals surface area contributed by atoms with Crippen LogP contribution in [0, 0.1) is 5.92 Å². The van der Waals surface area contributed by atoms with E-state index in [1.807, 2.05) is 24.5 Å². The Morgan fingerprint density at radius 3 is 2.60 bits per heavy atom. The van der Waals surface area contributed by atoms with Crippen molar-refractivity contribution in [3.05, 3.63) is 46.5 Å². The molecule has 1 N–H and O–H groups in total. The quantitative estimate of drug-likeness (QED) is 0.670. The highest BCUT2D eigenvalue weighted by Crippen LogP contribution is 2.48. The van der Waals surface area contributed by atoms with E-state index >= 15 is 0 Å². The van der Waals surface area contributed by atoms with E-state index in [9.17, 15) is 13.2 Å². The van der Waals surface area contributed by atoms with E-state index in [4.69, 9.17) is 0 Å². The van der Waals surface area contributed by atoms with E-state index in [2.05, 4.69) is 16.8 Å². The van der Waals surface area contributed by atoms with Crippen LogP contribution in [0.5, 0.6) is 0 Å². The summed E-state index contributed by atoms with van der Waals surface area (Å²) in [6, 6.07) is 5.66. The fourth-order valence-electron chi connectivity index (χ4n) is 4.78. The number of hydrogen-bond acceptors (Lipinski definition) is 4. The zero-order valence-corrected chi connectivity index (χ0v) is 18.4. The molecule has 1 unspecified atom stereocenters. The molecule has 5 rings (SSSR count). The molecule has 30 heavy (non-hydrogen) atoms. The predicted molar refractivity (Wildman–Crippen MR) is 120 cm³/mol. The van der Waals surface area contributed by atoms with E-state index in [-0.39, 0.29) is 17.4 Å². The van der Waals surface area contributed by atoms with Gasteiger partial charge in [-0.05, 0) is 43.4 Å². The second kappa shape index (κ2) is 6.74. The Kier molecular flexibility index (Phi) is 4.36. The van der Waals surface area contributed by atoms with Gasteiger partial charge in [0.25, 0.3) is 5.56 Å². The molecule has 2 aromatic heterocycles. The Morgan fingerprint density at radius 2 is 1.93 bits per heavy atom. The Hall–Kier alpha value is -2.54. The first-order valence-corrected chi connectivity index (χ1v) is 12.3. The van der Waals surface area contributed by atoms with Crippen molar-refractivity contribution in [3.8, 4) is 11.1 Å². The monoisotopic (exact) mass is 425 g/mol. The first-order chi connectivity index (χ1) is 14.4. The number of anilines is 1. The summed E-state index contributed by atoms with van der Waals surface area (Å²) in [5, 5.41) is 0.926. The van der Waals surface area contributed by atoms with Crippen LogP contribution in [-0.4, -0.2) is 30.3 Å². The molecule has 2 aliphatic rings. The summed E-state index contributed by atoms with van der Waals surface area (Å²) in [5.74, 6) is 0.737. The lowest BCUT2D eigenvalue weighted by Crippen LogP contribution is -2.30. The first kappa shape index (κ1) is 19.4. The maximum Gasteiger partial charge on any atom is 0.274 e. The molecule has 0 spiro atoms. The Morgan fingerprint density at radius 1 is 1.17 bits per heavy atom. The number of aryl methyl sites for hydroxylation is 1. The largest absolute Gasteiger partial charge is 0.364 e. The number of fused-ring (bicyclic) bond motifs is 2. The fraction of sp³-hybridized carbons (Fsp3) is 0.435. The van der Waals surface area contributed by atoms with E-state index in [1.54, 1.807) is 24.6 Å². The summed E-state index contributed by atoms with van der Waals surface area (Å²) < 4.78 is 26.9. The molecule has 6 nitrogen and oxygen atoms in total. The highest BCUT2D eigenvalue weighted by atomic mass is 32.2. The van der Waals surface area contributed by atoms with Crippen LogP contribution in [0.4, 0.5) is 5.69 Å². The van der Waals surface area contributed by atoms with Crippen molar-refractivity contribution >= 4 is 26.4 Å². The van der Waals surface area contributed by atoms with Gasteiger partial charge >= 0.3 is 0 Å². The van der Waals surface area contributed by atoms with Crippen molar-refractivity contribution in [2.24, 2.45) is 13.0 Å². The van der Waals surface area contributed by atoms with Gasteiger partial charge in [-0.25, -0.2) is 8.42 Å². The molecule has 0 amide bonds. The molecule has 7 heteroatoms. The van der Waals surface area contributed by atoms with Gasteiger partial charge in [0, 0.05) is 53.8 Å². The molecular weight excluding hydrogens is 398 g/mol. The van der Waals surface area contributed by atoms with Gasteiger partial charge in [-0.3, -0.25) is 4.79 Å². The average Bonchev–Trinajstić information content (AvgIpc) is 3.47. The van der Waals surface area contributed by atoms with Crippen LogP contribution in [-0.2, 0) is 16.9 Å². The van der Waals surface area contributed by atoms with Gasteiger partial charge in [-0.15, -0.1) is 0 Å². The lowest BCUT2D eigenvalue weighted by molar-refractivity contribution is 0.584. The third kappa shape index (κ3) is 2.82. The number of H-pyrrole nitrogens is 1. The first-order valence-electron chi connectivity index (χ1n) is 10.7. The van der Waals surface area contributed by atoms with Crippen LogP contribution in [0.1, 0.15) is 44.7 Å². The van der Waals surface area contributed by atoms with Crippen LogP contribution in [0.3, 0.4) is 0 Å². The molecule has 158 valence electrons. The SMILES string of the molecule is CCC1c2c[nH]c3c(=O)n(C)cc(c23)-c2cc(S(=O)(=O)CC)ccc2N1CC1CC1. The molecule has 0 bridgehead atoms. The van der Waals surface area contributed by atoms with Gasteiger partial charge in [-0.2, -0.15) is 0 Å². The molecule has 0 saturated heterocycles. The summed E-state index contributed by atoms with van der Waals surface area (Å²) in [6.45, 7) is 4.79. The molecule has 1 saturated carbocycles. The van der Waals surface area contributed by atoms with Crippen molar-refractivity contribution in [2.45, 2.75) is 44.0 Å². The van der Waals surface area contributed by atoms with Crippen molar-refractivity contribution in [2.75, 3.05) is 17.2 Å². The number of nitrogens with zero attached hydrogens (tertiary/aromatic N) is 2. The van der Waals surface area contributed by atoms with E-state index in [1.165, 1.54) is 12.8 Å². The smallest absolute Gasteiger partial charge is 0.274 e. The van der Waals surface area contributed by atoms with Crippen LogP contribution >= 0.6 is 0 Å². The molecule has 1 aliphatic carbocycles. The van der Waals surface area contributed by atoms with Crippen LogP contribution in [0.2, 0.25) is 0 Å². The summed E-state index contributed by atoms with van der Waals surface area (Å²) >= 11 is 0. The normalized spacial score (nSPS) is 18.5. The topological polar surface area (TPSA) is 75.2 Å². The third-order valence-electron chi connectivity index (χ3n) is 6.62. The number of pyridine rings is 1. The van der Waals surface area contributed by atoms with Gasteiger partial charge in [-0.1, -0.05) is 13.8 Å². The minimum atomic E-state index is -3.34. The van der Waals surface area contributed by atoms with Crippen LogP contribution in [0.25, 0.3) is 22.0 Å². The summed E-state index contributed by atoms with van der Waals surface area (Å²) in [6.07, 6.45) is 7.21. The van der Waals surface area contributed by atoms with E-state index < -0.39 is 9.84 Å². The maximum absolute atomic E-state index is 12.8. The Bertz CT molecular complexity index is 1320. The number of hydrogen-bond donors (Lipinski definition) is 1. The number of aromatic amines is 1. The summed E-state index contributed by atoms with van der Waals surface area (Å²) in [7, 11) is -1.59. The molecule has 1 atom stereocenters. The molecule has 3 heterocycles. The second-order valence-electron chi connectivity index (χ2n) is 8.56. The third-order valence-corrected chi connectivity index (χ3v) is 8.35. The number of rotatable bonds is 5. The van der Waals surface area contributed by atoms with Gasteiger partial charge in [0.15, 0.2) is 9.84 Å². The maximum atomic E-state index is 12.8. The number of aromatic nitrogens is 2. The van der Waals surface area contributed by atoms with Gasteiger partial charge in [0.1, 0.15) is 5.52 Å². The van der Waals surface area contributed by atoms with Crippen LogP contribution in [0.15, 0.2) is 40.3 Å². The fourth-order valence-corrected chi connectivity index (χ4v) is 5.69. The number of sulfone groups is 1. The average molecular weight is 426 g/mol. The Labute approximate surface area is 176 Å². The lowest BCUT2D eigenvalue weighted by Gasteiger charge is -2.33. The molecule has 1 aromatic carbocycles. The minimum Gasteiger partial charge on any atom is -0.364 e. The van der Waals surface area contributed by atoms with Gasteiger partial charge < -0.3 is 14.5 Å². The van der Waals surface area contributed by atoms with Gasteiger partial charge in [0.2, 0.25) is 0 Å². The highest BCUT2D eigenvalue weighted by Gasteiger charge is 2.34. The van der Waals surface area contributed by atoms with E-state index in [0.29, 0.717) is 16.3 Å². The molecule has 1 fully saturated rings. The summed E-state index contributed by atoms with van der Waals surface area (Å²) in [5.41, 5.74) is 4.51. The molecule has 0 radical (unpaired) electrons. The predicted octanol–water partition coefficient (Wildman–Crippen LogP) is 4.01. The van der Waals surface area contributed by atoms with Crippen molar-refractivity contribution in [3.63, 3.8) is 0 Å². The standard InChI is InChI=1S/C23H27N3O3S/c1-4-19-17-11-24-22-21(17)18(13-25(3)23(22)27)16-10-15(30(28,29)5-2)8-9-20(16)26(19)12-14-6-7-14/h8-11,13-14,19,24H,4-7,12H2,1-3H3. The number of nitrogens with one attached hydrogen (secondary N) is 1. The second-order valence-corrected chi connectivity index (χ2v) is 10.8. The van der Waals surface area contributed by atoms with Crippen molar-refractivity contribution < 1.29 is 8.42 Å².